The Morgan fingerprint density at radius 3 is 2.27 bits per heavy atom. The molecule has 1 N–H and O–H groups in total. The zero-order chi connectivity index (χ0) is 11.8. The molecule has 0 aliphatic heterocycles. The summed E-state index contributed by atoms with van der Waals surface area (Å²) in [5.41, 5.74) is -0.348. The van der Waals surface area contributed by atoms with Crippen LogP contribution in [0.2, 0.25) is 0 Å². The van der Waals surface area contributed by atoms with Gasteiger partial charge in [0.15, 0.2) is 0 Å². The van der Waals surface area contributed by atoms with Gasteiger partial charge in [-0.2, -0.15) is 0 Å². The molecule has 0 radical (unpaired) electrons. The SMILES string of the molecule is C=C(F)/C(=C\C(=[NH+]\OC)OC)C(=O)OC. The van der Waals surface area contributed by atoms with E-state index in [1.807, 2.05) is 0 Å². The summed E-state index contributed by atoms with van der Waals surface area (Å²) in [7, 11) is 3.80. The van der Waals surface area contributed by atoms with Crippen molar-refractivity contribution in [2.75, 3.05) is 21.3 Å². The van der Waals surface area contributed by atoms with Crippen LogP contribution in [0.4, 0.5) is 4.39 Å². The van der Waals surface area contributed by atoms with E-state index in [0.29, 0.717) is 0 Å². The van der Waals surface area contributed by atoms with Gasteiger partial charge in [0.2, 0.25) is 0 Å². The molecule has 5 nitrogen and oxygen atoms in total. The van der Waals surface area contributed by atoms with Gasteiger partial charge < -0.3 is 9.47 Å². The number of esters is 1. The Kier molecular flexibility index (Phi) is 5.77. The number of hydrogen-bond donors (Lipinski definition) is 1. The van der Waals surface area contributed by atoms with Gasteiger partial charge in [-0.1, -0.05) is 6.58 Å². The van der Waals surface area contributed by atoms with E-state index < -0.39 is 11.8 Å². The molecule has 0 aliphatic carbocycles. The summed E-state index contributed by atoms with van der Waals surface area (Å²) >= 11 is 0. The lowest BCUT2D eigenvalue weighted by Crippen LogP contribution is -2.71. The maximum Gasteiger partial charge on any atom is 0.409 e. The van der Waals surface area contributed by atoms with Crippen LogP contribution in [-0.4, -0.2) is 33.2 Å². The van der Waals surface area contributed by atoms with Crippen LogP contribution in [0.25, 0.3) is 0 Å². The minimum absolute atomic E-state index is 0.0525. The minimum atomic E-state index is -0.922. The van der Waals surface area contributed by atoms with Gasteiger partial charge in [-0.15, -0.1) is 0 Å². The Labute approximate surface area is 86.8 Å². The van der Waals surface area contributed by atoms with E-state index in [0.717, 1.165) is 13.2 Å². The topological polar surface area (TPSA) is 58.7 Å². The maximum absolute atomic E-state index is 12.8. The van der Waals surface area contributed by atoms with E-state index in [-0.39, 0.29) is 11.5 Å². The van der Waals surface area contributed by atoms with Crippen molar-refractivity contribution in [2.45, 2.75) is 0 Å². The van der Waals surface area contributed by atoms with E-state index in [1.54, 1.807) is 0 Å². The van der Waals surface area contributed by atoms with Crippen molar-refractivity contribution in [3.05, 3.63) is 24.1 Å². The first-order chi connectivity index (χ1) is 7.06. The molecule has 15 heavy (non-hydrogen) atoms. The predicted octanol–water partition coefficient (Wildman–Crippen LogP) is -0.744. The number of ether oxygens (including phenoxy) is 2. The van der Waals surface area contributed by atoms with E-state index in [9.17, 15) is 9.18 Å². The third-order valence-corrected chi connectivity index (χ3v) is 1.40. The predicted molar refractivity (Wildman–Crippen MR) is 50.3 cm³/mol. The molecule has 0 heterocycles. The molecule has 0 spiro atoms. The molecule has 0 unspecified atom stereocenters. The minimum Gasteiger partial charge on any atom is -0.465 e. The van der Waals surface area contributed by atoms with Gasteiger partial charge >= 0.3 is 11.9 Å². The Morgan fingerprint density at radius 2 is 1.93 bits per heavy atom. The lowest BCUT2D eigenvalue weighted by atomic mass is 10.2. The summed E-state index contributed by atoms with van der Waals surface area (Å²) in [5.74, 6) is -1.72. The highest BCUT2D eigenvalue weighted by Crippen LogP contribution is 2.10. The molecular formula is C9H13FNO4+. The number of carbonyl (C=O) groups is 1. The lowest BCUT2D eigenvalue weighted by Gasteiger charge is -2.00. The van der Waals surface area contributed by atoms with Crippen LogP contribution in [0.3, 0.4) is 0 Å². The highest BCUT2D eigenvalue weighted by molar-refractivity contribution is 5.99. The molecule has 0 amide bonds. The normalized spacial score (nSPS) is 12.0. The van der Waals surface area contributed by atoms with Crippen LogP contribution in [0, 0.1) is 0 Å². The Bertz CT molecular complexity index is 309. The largest absolute Gasteiger partial charge is 0.465 e. The number of halogens is 1. The van der Waals surface area contributed by atoms with Crippen molar-refractivity contribution >= 4 is 11.9 Å². The molecule has 0 aromatic rings. The molecule has 0 aliphatic rings. The fourth-order valence-electron chi connectivity index (χ4n) is 0.720. The van der Waals surface area contributed by atoms with Gasteiger partial charge in [0, 0.05) is 5.16 Å². The molecule has 0 saturated carbocycles. The van der Waals surface area contributed by atoms with Crippen molar-refractivity contribution in [3.63, 3.8) is 0 Å². The average Bonchev–Trinajstić information content (AvgIpc) is 2.22. The monoisotopic (exact) mass is 218 g/mol. The van der Waals surface area contributed by atoms with Crippen molar-refractivity contribution in [1.82, 2.24) is 0 Å². The van der Waals surface area contributed by atoms with Crippen LogP contribution >= 0.6 is 0 Å². The van der Waals surface area contributed by atoms with Gasteiger partial charge in [0.05, 0.1) is 20.3 Å². The first kappa shape index (κ1) is 13.2. The van der Waals surface area contributed by atoms with Crippen molar-refractivity contribution in [2.24, 2.45) is 0 Å². The summed E-state index contributed by atoms with van der Waals surface area (Å²) in [6.07, 6.45) is 1.08. The highest BCUT2D eigenvalue weighted by atomic mass is 19.1. The third kappa shape index (κ3) is 4.26. The Morgan fingerprint density at radius 1 is 1.33 bits per heavy atom. The van der Waals surface area contributed by atoms with Crippen molar-refractivity contribution < 1.29 is 28.7 Å². The van der Waals surface area contributed by atoms with Gasteiger partial charge in [0.1, 0.15) is 18.5 Å². The van der Waals surface area contributed by atoms with Crippen LogP contribution in [0.15, 0.2) is 24.1 Å². The second-order valence-corrected chi connectivity index (χ2v) is 2.33. The van der Waals surface area contributed by atoms with Gasteiger partial charge in [-0.3, -0.25) is 4.84 Å². The standard InChI is InChI=1S/C9H12FNO4/c1-6(10)7(9(12)14-3)5-8(13-2)11-15-4/h5H,1H2,2-4H3/p+1/b7-5+,11-8-. The first-order valence-corrected chi connectivity index (χ1v) is 3.91. The third-order valence-electron chi connectivity index (χ3n) is 1.40. The summed E-state index contributed by atoms with van der Waals surface area (Å²) < 4.78 is 21.9. The molecule has 6 heteroatoms. The fraction of sp³-hybridized carbons (Fsp3) is 0.333. The first-order valence-electron chi connectivity index (χ1n) is 3.91. The lowest BCUT2D eigenvalue weighted by molar-refractivity contribution is -0.748. The maximum atomic E-state index is 12.8. The summed E-state index contributed by atoms with van der Waals surface area (Å²) in [4.78, 5) is 15.6. The molecule has 0 bridgehead atoms. The summed E-state index contributed by atoms with van der Waals surface area (Å²) in [6, 6.07) is 0. The second kappa shape index (κ2) is 6.58. The molecule has 0 rings (SSSR count). The molecular weight excluding hydrogens is 205 g/mol. The van der Waals surface area contributed by atoms with Gasteiger partial charge in [0.25, 0.3) is 0 Å². The number of methoxy groups -OCH3 is 2. The quantitative estimate of drug-likeness (QED) is 0.168. The number of hydrogen-bond acceptors (Lipinski definition) is 4. The van der Waals surface area contributed by atoms with E-state index in [4.69, 9.17) is 4.74 Å². The zero-order valence-electron chi connectivity index (χ0n) is 8.80. The molecule has 0 atom stereocenters. The molecule has 0 aromatic carbocycles. The number of carbonyl (C=O) groups excluding carboxylic acids is 1. The molecule has 0 aromatic heterocycles. The van der Waals surface area contributed by atoms with E-state index in [2.05, 4.69) is 21.3 Å². The van der Waals surface area contributed by atoms with E-state index >= 15 is 0 Å². The number of rotatable bonds is 4. The summed E-state index contributed by atoms with van der Waals surface area (Å²) in [5, 5.41) is 2.30. The van der Waals surface area contributed by atoms with Gasteiger partial charge in [-0.05, 0) is 0 Å². The van der Waals surface area contributed by atoms with Crippen molar-refractivity contribution in [1.29, 1.82) is 0 Å². The average molecular weight is 218 g/mol. The molecule has 0 fully saturated rings. The molecule has 0 saturated heterocycles. The second-order valence-electron chi connectivity index (χ2n) is 2.33. The van der Waals surface area contributed by atoms with Crippen LogP contribution in [0.5, 0.6) is 0 Å². The highest BCUT2D eigenvalue weighted by Gasteiger charge is 2.17. The van der Waals surface area contributed by atoms with Gasteiger partial charge in [-0.25, -0.2) is 9.18 Å². The van der Waals surface area contributed by atoms with E-state index in [1.165, 1.54) is 14.2 Å². The molecule has 84 valence electrons. The summed E-state index contributed by atoms with van der Waals surface area (Å²) in [6.45, 7) is 3.00. The Hall–Kier alpha value is -1.85. The van der Waals surface area contributed by atoms with Crippen LogP contribution < -0.4 is 5.16 Å². The zero-order valence-corrected chi connectivity index (χ0v) is 8.80. The van der Waals surface area contributed by atoms with Crippen molar-refractivity contribution in [3.8, 4) is 0 Å². The smallest absolute Gasteiger partial charge is 0.409 e. The Balaban J connectivity index is 5.06. The fourth-order valence-corrected chi connectivity index (χ4v) is 0.720. The number of nitrogens with one attached hydrogen (secondary N) is 1. The van der Waals surface area contributed by atoms with Crippen LogP contribution in [-0.2, 0) is 19.1 Å². The van der Waals surface area contributed by atoms with Crippen LogP contribution in [0.1, 0.15) is 0 Å².